The molecule has 0 spiro atoms. The van der Waals surface area contributed by atoms with Crippen LogP contribution in [0.2, 0.25) is 0 Å². The predicted molar refractivity (Wildman–Crippen MR) is 65.4 cm³/mol. The van der Waals surface area contributed by atoms with Gasteiger partial charge in [0.2, 0.25) is 0 Å². The largest absolute Gasteiger partial charge is 0.496 e. The Morgan fingerprint density at radius 3 is 2.76 bits per heavy atom. The monoisotopic (exact) mass is 241 g/mol. The van der Waals surface area contributed by atoms with Crippen molar-refractivity contribution in [1.82, 2.24) is 0 Å². The lowest BCUT2D eigenvalue weighted by atomic mass is 9.97. The van der Waals surface area contributed by atoms with E-state index in [2.05, 4.69) is 6.92 Å². The van der Waals surface area contributed by atoms with Gasteiger partial charge in [0.15, 0.2) is 0 Å². The summed E-state index contributed by atoms with van der Waals surface area (Å²) in [5.41, 5.74) is 6.59. The molecule has 2 atom stereocenters. The van der Waals surface area contributed by atoms with Gasteiger partial charge in [-0.25, -0.2) is 4.39 Å². The van der Waals surface area contributed by atoms with Crippen LogP contribution in [-0.2, 0) is 0 Å². The molecular weight excluding hydrogens is 221 g/mol. The molecule has 3 N–H and O–H groups in total. The third kappa shape index (κ3) is 3.68. The molecule has 0 aromatic heterocycles. The van der Waals surface area contributed by atoms with Crippen molar-refractivity contribution < 1.29 is 14.2 Å². The summed E-state index contributed by atoms with van der Waals surface area (Å²) >= 11 is 0. The molecule has 4 heteroatoms. The first-order valence-electron chi connectivity index (χ1n) is 5.87. The van der Waals surface area contributed by atoms with Crippen LogP contribution in [0.1, 0.15) is 37.8 Å². The average Bonchev–Trinajstić information content (AvgIpc) is 2.34. The van der Waals surface area contributed by atoms with Crippen molar-refractivity contribution in [2.24, 2.45) is 5.73 Å². The number of halogens is 1. The van der Waals surface area contributed by atoms with Gasteiger partial charge in [-0.05, 0) is 12.5 Å². The van der Waals surface area contributed by atoms with Crippen LogP contribution < -0.4 is 10.5 Å². The second-order valence-corrected chi connectivity index (χ2v) is 4.12. The minimum atomic E-state index is -0.630. The summed E-state index contributed by atoms with van der Waals surface area (Å²) in [5, 5.41) is 9.92. The van der Waals surface area contributed by atoms with Crippen molar-refractivity contribution >= 4 is 0 Å². The summed E-state index contributed by atoms with van der Waals surface area (Å²) < 4.78 is 18.1. The maximum Gasteiger partial charge on any atom is 0.126 e. The lowest BCUT2D eigenvalue weighted by molar-refractivity contribution is 0.131. The van der Waals surface area contributed by atoms with E-state index in [0.717, 1.165) is 12.8 Å². The van der Waals surface area contributed by atoms with Crippen molar-refractivity contribution in [3.8, 4) is 5.75 Å². The van der Waals surface area contributed by atoms with E-state index in [9.17, 15) is 9.50 Å². The number of methoxy groups -OCH3 is 1. The van der Waals surface area contributed by atoms with E-state index >= 15 is 0 Å². The minimum absolute atomic E-state index is 0.374. The van der Waals surface area contributed by atoms with E-state index in [0.29, 0.717) is 17.7 Å². The molecule has 0 saturated carbocycles. The molecule has 17 heavy (non-hydrogen) atoms. The summed E-state index contributed by atoms with van der Waals surface area (Å²) in [6, 6.07) is 3.62. The van der Waals surface area contributed by atoms with Gasteiger partial charge in [0.25, 0.3) is 0 Å². The summed E-state index contributed by atoms with van der Waals surface area (Å²) in [6.07, 6.45) is 1.93. The molecule has 0 radical (unpaired) electrons. The lowest BCUT2D eigenvalue weighted by Gasteiger charge is -2.21. The molecule has 0 unspecified atom stereocenters. The molecule has 0 saturated heterocycles. The van der Waals surface area contributed by atoms with Crippen LogP contribution in [0.3, 0.4) is 0 Å². The normalized spacial score (nSPS) is 14.4. The number of hydrogen-bond acceptors (Lipinski definition) is 3. The third-order valence-electron chi connectivity index (χ3n) is 2.82. The number of benzene rings is 1. The van der Waals surface area contributed by atoms with Crippen LogP contribution in [0, 0.1) is 5.82 Å². The van der Waals surface area contributed by atoms with Crippen molar-refractivity contribution in [1.29, 1.82) is 0 Å². The van der Waals surface area contributed by atoms with Crippen molar-refractivity contribution in [2.45, 2.75) is 38.3 Å². The molecule has 0 bridgehead atoms. The Morgan fingerprint density at radius 2 is 2.18 bits per heavy atom. The van der Waals surface area contributed by atoms with Crippen LogP contribution in [-0.4, -0.2) is 18.3 Å². The number of nitrogens with two attached hydrogens (primary N) is 1. The Morgan fingerprint density at radius 1 is 1.47 bits per heavy atom. The van der Waals surface area contributed by atoms with Crippen LogP contribution in [0.4, 0.5) is 4.39 Å². The fraction of sp³-hybridized carbons (Fsp3) is 0.538. The summed E-state index contributed by atoms with van der Waals surface area (Å²) in [6.45, 7) is 2.05. The van der Waals surface area contributed by atoms with Gasteiger partial charge in [0.05, 0.1) is 19.3 Å². The third-order valence-corrected chi connectivity index (χ3v) is 2.82. The van der Waals surface area contributed by atoms with E-state index in [1.54, 1.807) is 6.07 Å². The second kappa shape index (κ2) is 6.57. The number of rotatable bonds is 6. The Hall–Kier alpha value is -1.13. The molecule has 0 aliphatic heterocycles. The van der Waals surface area contributed by atoms with Gasteiger partial charge in [0.1, 0.15) is 11.6 Å². The summed E-state index contributed by atoms with van der Waals surface area (Å²) in [5.74, 6) is 0.00824. The predicted octanol–water partition coefficient (Wildman–Crippen LogP) is 2.39. The van der Waals surface area contributed by atoms with E-state index in [1.165, 1.54) is 19.2 Å². The van der Waals surface area contributed by atoms with Gasteiger partial charge in [-0.2, -0.15) is 0 Å². The van der Waals surface area contributed by atoms with Crippen molar-refractivity contribution in [2.75, 3.05) is 7.11 Å². The van der Waals surface area contributed by atoms with Gasteiger partial charge in [-0.3, -0.25) is 0 Å². The van der Waals surface area contributed by atoms with Gasteiger partial charge in [0, 0.05) is 11.6 Å². The minimum Gasteiger partial charge on any atom is -0.496 e. The molecule has 0 heterocycles. The summed E-state index contributed by atoms with van der Waals surface area (Å²) in [7, 11) is 1.46. The quantitative estimate of drug-likeness (QED) is 0.804. The zero-order chi connectivity index (χ0) is 12.8. The second-order valence-electron chi connectivity index (χ2n) is 4.12. The van der Waals surface area contributed by atoms with E-state index in [1.807, 2.05) is 0 Å². The molecule has 0 aliphatic carbocycles. The lowest BCUT2D eigenvalue weighted by Crippen LogP contribution is -2.26. The fourth-order valence-corrected chi connectivity index (χ4v) is 1.76. The Bertz CT molecular complexity index is 357. The van der Waals surface area contributed by atoms with E-state index < -0.39 is 12.1 Å². The SMILES string of the molecule is CCCC[C@@H](O)[C@@H](N)c1ccc(F)cc1OC. The van der Waals surface area contributed by atoms with E-state index in [4.69, 9.17) is 10.5 Å². The number of aliphatic hydroxyl groups is 1. The molecular formula is C13H20FNO2. The highest BCUT2D eigenvalue weighted by Gasteiger charge is 2.20. The van der Waals surface area contributed by atoms with Gasteiger partial charge in [-0.15, -0.1) is 0 Å². The zero-order valence-corrected chi connectivity index (χ0v) is 10.3. The highest BCUT2D eigenvalue weighted by atomic mass is 19.1. The van der Waals surface area contributed by atoms with Crippen molar-refractivity contribution in [3.05, 3.63) is 29.6 Å². The van der Waals surface area contributed by atoms with Gasteiger partial charge >= 0.3 is 0 Å². The zero-order valence-electron chi connectivity index (χ0n) is 10.3. The first-order valence-corrected chi connectivity index (χ1v) is 5.87. The van der Waals surface area contributed by atoms with Crippen molar-refractivity contribution in [3.63, 3.8) is 0 Å². The first kappa shape index (κ1) is 13.9. The fourth-order valence-electron chi connectivity index (χ4n) is 1.76. The highest BCUT2D eigenvalue weighted by molar-refractivity contribution is 5.36. The van der Waals surface area contributed by atoms with Crippen LogP contribution in [0.15, 0.2) is 18.2 Å². The van der Waals surface area contributed by atoms with Crippen LogP contribution in [0.5, 0.6) is 5.75 Å². The van der Waals surface area contributed by atoms with Gasteiger partial charge < -0.3 is 15.6 Å². The number of aliphatic hydroxyl groups excluding tert-OH is 1. The topological polar surface area (TPSA) is 55.5 Å². The smallest absolute Gasteiger partial charge is 0.126 e. The Kier molecular flexibility index (Phi) is 5.38. The maximum absolute atomic E-state index is 13.0. The average molecular weight is 241 g/mol. The molecule has 1 aromatic carbocycles. The standard InChI is InChI=1S/C13H20FNO2/c1-3-4-5-11(16)13(15)10-7-6-9(14)8-12(10)17-2/h6-8,11,13,16H,3-5,15H2,1-2H3/t11-,13+/m1/s1. The Balaban J connectivity index is 2.83. The van der Waals surface area contributed by atoms with E-state index in [-0.39, 0.29) is 5.82 Å². The summed E-state index contributed by atoms with van der Waals surface area (Å²) in [4.78, 5) is 0. The Labute approximate surface area is 101 Å². The van der Waals surface area contributed by atoms with Crippen LogP contribution in [0.25, 0.3) is 0 Å². The molecule has 1 aromatic rings. The molecule has 0 fully saturated rings. The van der Waals surface area contributed by atoms with Crippen LogP contribution >= 0.6 is 0 Å². The number of unbranched alkanes of at least 4 members (excludes halogenated alkanes) is 1. The number of ether oxygens (including phenoxy) is 1. The van der Waals surface area contributed by atoms with Gasteiger partial charge in [-0.1, -0.05) is 25.8 Å². The number of hydrogen-bond donors (Lipinski definition) is 2. The first-order chi connectivity index (χ1) is 8.10. The highest BCUT2D eigenvalue weighted by Crippen LogP contribution is 2.28. The molecule has 0 amide bonds. The molecule has 0 aliphatic rings. The molecule has 3 nitrogen and oxygen atoms in total. The maximum atomic E-state index is 13.0. The molecule has 96 valence electrons. The molecule has 1 rings (SSSR count).